The van der Waals surface area contributed by atoms with E-state index in [1.54, 1.807) is 24.9 Å². The predicted molar refractivity (Wildman–Crippen MR) is 139 cm³/mol. The number of hydrogen-bond acceptors (Lipinski definition) is 7. The zero-order chi connectivity index (χ0) is 24.6. The number of imidazole rings is 1. The van der Waals surface area contributed by atoms with Crippen molar-refractivity contribution in [3.05, 3.63) is 67.1 Å². The average molecular weight is 480 g/mol. The van der Waals surface area contributed by atoms with Crippen molar-refractivity contribution >= 4 is 27.8 Å². The van der Waals surface area contributed by atoms with Gasteiger partial charge in [-0.3, -0.25) is 10.1 Å². The number of fused-ring (bicyclic) bond motifs is 2. The lowest BCUT2D eigenvalue weighted by Crippen LogP contribution is -2.18. The third-order valence-corrected chi connectivity index (χ3v) is 6.09. The van der Waals surface area contributed by atoms with E-state index < -0.39 is 6.23 Å². The van der Waals surface area contributed by atoms with Crippen molar-refractivity contribution in [2.24, 2.45) is 0 Å². The molecule has 0 bridgehead atoms. The van der Waals surface area contributed by atoms with Crippen molar-refractivity contribution in [1.29, 1.82) is 0 Å². The first kappa shape index (κ1) is 21.9. The Morgan fingerprint density at radius 3 is 2.89 bits per heavy atom. The summed E-state index contributed by atoms with van der Waals surface area (Å²) in [6.45, 7) is 4.00. The summed E-state index contributed by atoms with van der Waals surface area (Å²) < 4.78 is 1.99. The van der Waals surface area contributed by atoms with Gasteiger partial charge in [-0.05, 0) is 43.7 Å². The summed E-state index contributed by atoms with van der Waals surface area (Å²) in [4.78, 5) is 21.5. The Balaban J connectivity index is 1.40. The molecule has 0 aliphatic heterocycles. The molecular formula is C26H25N9O. The Bertz CT molecular complexity index is 1680. The topological polar surface area (TPSA) is 133 Å². The molecule has 6 aromatic rings. The Hall–Kier alpha value is -4.57. The third-order valence-electron chi connectivity index (χ3n) is 6.09. The number of aryl methyl sites for hydroxylation is 1. The maximum atomic E-state index is 10.1. The molecule has 0 aromatic carbocycles. The summed E-state index contributed by atoms with van der Waals surface area (Å²) in [6, 6.07) is 9.83. The molecule has 36 heavy (non-hydrogen) atoms. The molecule has 0 aliphatic rings. The highest BCUT2D eigenvalue weighted by Gasteiger charge is 2.16. The number of nitrogens with one attached hydrogen (secondary N) is 3. The highest BCUT2D eigenvalue weighted by molar-refractivity contribution is 5.95. The van der Waals surface area contributed by atoms with Crippen LogP contribution < -0.4 is 5.32 Å². The lowest BCUT2D eigenvalue weighted by molar-refractivity contribution is 0.192. The smallest absolute Gasteiger partial charge is 0.139 e. The standard InChI is InChI=1S/C26H25N9O/c1-3-4-23(36)30-17-9-16(11-27-12-17)19-5-6-20-24(31-19)25(34-33-20)21-10-18-22(7-8-28-26(18)32-21)35-13-15(2)29-14-35/h5-14,23,30,36H,3-4H2,1-2H3,(H,28,32)(H,33,34). The highest BCUT2D eigenvalue weighted by atomic mass is 16.3. The number of H-pyrrole nitrogens is 2. The second-order valence-corrected chi connectivity index (χ2v) is 8.77. The maximum absolute atomic E-state index is 10.1. The van der Waals surface area contributed by atoms with Crippen LogP contribution in [-0.2, 0) is 0 Å². The fourth-order valence-electron chi connectivity index (χ4n) is 4.36. The van der Waals surface area contributed by atoms with Gasteiger partial charge in [0, 0.05) is 29.5 Å². The SMILES string of the molecule is CCCC(O)Nc1cncc(-c2ccc3[nH]nc(-c4cc5c(-n6cnc(C)c6)ccnc5[nH]4)c3n2)c1. The lowest BCUT2D eigenvalue weighted by atomic mass is 10.1. The van der Waals surface area contributed by atoms with Gasteiger partial charge in [0.2, 0.25) is 0 Å². The number of pyridine rings is 3. The fourth-order valence-corrected chi connectivity index (χ4v) is 4.36. The van der Waals surface area contributed by atoms with Crippen LogP contribution in [0, 0.1) is 6.92 Å². The van der Waals surface area contributed by atoms with Crippen LogP contribution in [0.25, 0.3) is 50.4 Å². The van der Waals surface area contributed by atoms with Crippen molar-refractivity contribution in [2.75, 3.05) is 5.32 Å². The molecule has 180 valence electrons. The highest BCUT2D eigenvalue weighted by Crippen LogP contribution is 2.31. The van der Waals surface area contributed by atoms with Crippen LogP contribution in [0.4, 0.5) is 5.69 Å². The van der Waals surface area contributed by atoms with Crippen LogP contribution in [0.3, 0.4) is 0 Å². The minimum absolute atomic E-state index is 0.616. The number of aliphatic hydroxyl groups excluding tert-OH is 1. The first-order chi connectivity index (χ1) is 17.6. The van der Waals surface area contributed by atoms with Crippen molar-refractivity contribution in [2.45, 2.75) is 32.9 Å². The van der Waals surface area contributed by atoms with Gasteiger partial charge in [0.1, 0.15) is 23.1 Å². The van der Waals surface area contributed by atoms with Crippen molar-refractivity contribution in [3.63, 3.8) is 0 Å². The molecule has 0 saturated heterocycles. The first-order valence-corrected chi connectivity index (χ1v) is 11.8. The second kappa shape index (κ2) is 8.90. The summed E-state index contributed by atoms with van der Waals surface area (Å²) in [5.74, 6) is 0. The van der Waals surface area contributed by atoms with Gasteiger partial charge in [0.05, 0.1) is 46.5 Å². The van der Waals surface area contributed by atoms with E-state index in [2.05, 4.69) is 35.5 Å². The molecule has 6 rings (SSSR count). The molecule has 4 N–H and O–H groups in total. The molecule has 0 fully saturated rings. The van der Waals surface area contributed by atoms with Crippen LogP contribution in [0.5, 0.6) is 0 Å². The number of rotatable bonds is 7. The van der Waals surface area contributed by atoms with E-state index in [9.17, 15) is 5.11 Å². The van der Waals surface area contributed by atoms with Crippen LogP contribution in [0.1, 0.15) is 25.5 Å². The van der Waals surface area contributed by atoms with Crippen molar-refractivity contribution in [1.82, 2.24) is 39.7 Å². The van der Waals surface area contributed by atoms with Gasteiger partial charge in [-0.15, -0.1) is 0 Å². The molecule has 6 heterocycles. The Morgan fingerprint density at radius 1 is 1.14 bits per heavy atom. The van der Waals surface area contributed by atoms with Crippen LogP contribution in [0.15, 0.2) is 61.4 Å². The number of hydrogen-bond donors (Lipinski definition) is 4. The molecule has 0 aliphatic carbocycles. The molecule has 1 unspecified atom stereocenters. The van der Waals surface area contributed by atoms with Gasteiger partial charge < -0.3 is 20.0 Å². The number of aliphatic hydroxyl groups is 1. The second-order valence-electron chi connectivity index (χ2n) is 8.77. The lowest BCUT2D eigenvalue weighted by Gasteiger charge is -2.13. The van der Waals surface area contributed by atoms with Gasteiger partial charge in [-0.2, -0.15) is 5.10 Å². The Labute approximate surface area is 206 Å². The number of anilines is 1. The van der Waals surface area contributed by atoms with E-state index in [4.69, 9.17) is 4.98 Å². The Kier molecular flexibility index (Phi) is 5.42. The predicted octanol–water partition coefficient (Wildman–Crippen LogP) is 4.59. The summed E-state index contributed by atoms with van der Waals surface area (Å²) in [6.07, 6.45) is 9.94. The van der Waals surface area contributed by atoms with E-state index in [1.807, 2.05) is 54.9 Å². The van der Waals surface area contributed by atoms with Gasteiger partial charge in [0.25, 0.3) is 0 Å². The summed E-state index contributed by atoms with van der Waals surface area (Å²) in [5.41, 5.74) is 8.11. The molecule has 0 amide bonds. The molecule has 0 radical (unpaired) electrons. The number of aromatic amines is 2. The minimum atomic E-state index is -0.616. The van der Waals surface area contributed by atoms with E-state index >= 15 is 0 Å². The summed E-state index contributed by atoms with van der Waals surface area (Å²) in [7, 11) is 0. The van der Waals surface area contributed by atoms with Gasteiger partial charge in [0.15, 0.2) is 0 Å². The maximum Gasteiger partial charge on any atom is 0.139 e. The molecule has 0 spiro atoms. The average Bonchev–Trinajstić information content (AvgIpc) is 3.61. The first-order valence-electron chi connectivity index (χ1n) is 11.8. The van der Waals surface area contributed by atoms with Crippen molar-refractivity contribution < 1.29 is 5.11 Å². The summed E-state index contributed by atoms with van der Waals surface area (Å²) in [5, 5.41) is 21.8. The quantitative estimate of drug-likeness (QED) is 0.246. The number of nitrogens with zero attached hydrogens (tertiary/aromatic N) is 6. The zero-order valence-corrected chi connectivity index (χ0v) is 19.9. The zero-order valence-electron chi connectivity index (χ0n) is 19.9. The van der Waals surface area contributed by atoms with Gasteiger partial charge in [-0.1, -0.05) is 13.3 Å². The van der Waals surface area contributed by atoms with Crippen LogP contribution in [0.2, 0.25) is 0 Å². The molecule has 6 aromatic heterocycles. The van der Waals surface area contributed by atoms with E-state index in [1.165, 1.54) is 0 Å². The van der Waals surface area contributed by atoms with Gasteiger partial charge in [-0.25, -0.2) is 15.0 Å². The summed E-state index contributed by atoms with van der Waals surface area (Å²) >= 11 is 0. The van der Waals surface area contributed by atoms with E-state index in [0.717, 1.165) is 62.5 Å². The monoisotopic (exact) mass is 479 g/mol. The molecule has 10 heteroatoms. The van der Waals surface area contributed by atoms with Crippen molar-refractivity contribution in [3.8, 4) is 28.3 Å². The van der Waals surface area contributed by atoms with Crippen LogP contribution >= 0.6 is 0 Å². The molecule has 10 nitrogen and oxygen atoms in total. The fraction of sp³-hybridized carbons (Fsp3) is 0.192. The molecule has 0 saturated carbocycles. The van der Waals surface area contributed by atoms with Crippen LogP contribution in [-0.4, -0.2) is 51.0 Å². The number of aromatic nitrogens is 8. The van der Waals surface area contributed by atoms with E-state index in [0.29, 0.717) is 12.1 Å². The van der Waals surface area contributed by atoms with E-state index in [-0.39, 0.29) is 0 Å². The Morgan fingerprint density at radius 2 is 2.06 bits per heavy atom. The minimum Gasteiger partial charge on any atom is -0.374 e. The largest absolute Gasteiger partial charge is 0.374 e. The molecule has 1 atom stereocenters. The third kappa shape index (κ3) is 3.97. The van der Waals surface area contributed by atoms with Gasteiger partial charge >= 0.3 is 0 Å². The normalized spacial score (nSPS) is 12.4. The molecular weight excluding hydrogens is 454 g/mol.